The first kappa shape index (κ1) is 55.8. The second-order valence-electron chi connectivity index (χ2n) is 18.5. The molecule has 0 aliphatic rings. The molecule has 5 nitrogen and oxygen atoms in total. The quantitative estimate of drug-likeness (QED) is 0.0472. The summed E-state index contributed by atoms with van der Waals surface area (Å²) in [4.78, 5) is 0. The Labute approximate surface area is 352 Å². The van der Waals surface area contributed by atoms with E-state index in [4.69, 9.17) is 4.18 Å². The molecule has 0 rings (SSSR count). The first-order valence-electron chi connectivity index (χ1n) is 25.4. The zero-order valence-corrected chi connectivity index (χ0v) is 39.4. The van der Waals surface area contributed by atoms with Crippen LogP contribution in [0.1, 0.15) is 290 Å². The molecule has 0 aliphatic carbocycles. The van der Waals surface area contributed by atoms with Gasteiger partial charge >= 0.3 is 0 Å². The van der Waals surface area contributed by atoms with Crippen LogP contribution in [0.5, 0.6) is 0 Å². The third-order valence-corrected chi connectivity index (χ3v) is 13.3. The van der Waals surface area contributed by atoms with Crippen LogP contribution in [0.15, 0.2) is 0 Å². The van der Waals surface area contributed by atoms with Crippen molar-refractivity contribution in [2.45, 2.75) is 303 Å². The van der Waals surface area contributed by atoms with Gasteiger partial charge in [-0.15, -0.1) is 0 Å². The third kappa shape index (κ3) is 38.1. The molecule has 0 amide bonds. The number of unbranched alkanes of at least 4 members (excludes halogenated alkanes) is 38. The van der Waals surface area contributed by atoms with Crippen LogP contribution in [0.4, 0.5) is 0 Å². The second kappa shape index (κ2) is 41.6. The zero-order valence-electron chi connectivity index (χ0n) is 38.6. The van der Waals surface area contributed by atoms with Gasteiger partial charge in [0.25, 0.3) is 10.1 Å². The van der Waals surface area contributed by atoms with Crippen LogP contribution >= 0.6 is 0 Å². The molecule has 2 N–H and O–H groups in total. The fourth-order valence-electron chi connectivity index (χ4n) is 8.49. The molecule has 0 aliphatic heterocycles. The Hall–Kier alpha value is -0.170. The van der Waals surface area contributed by atoms with Gasteiger partial charge < -0.3 is 10.2 Å². The molecule has 56 heavy (non-hydrogen) atoms. The molecular weight excluding hydrogens is 713 g/mol. The Morgan fingerprint density at radius 3 is 0.732 bits per heavy atom. The molecule has 0 bridgehead atoms. The lowest BCUT2D eigenvalue weighted by Gasteiger charge is -2.38. The average Bonchev–Trinajstić information content (AvgIpc) is 3.17. The summed E-state index contributed by atoms with van der Waals surface area (Å²) in [6.45, 7) is 6.21. The van der Waals surface area contributed by atoms with E-state index in [0.717, 1.165) is 31.9 Å². The smallest absolute Gasteiger partial charge is 0.264 e. The van der Waals surface area contributed by atoms with Gasteiger partial charge in [-0.25, -0.2) is 0 Å². The normalized spacial score (nSPS) is 14.3. The zero-order chi connectivity index (χ0) is 41.3. The predicted molar refractivity (Wildman–Crippen MR) is 246 cm³/mol. The van der Waals surface area contributed by atoms with Crippen LogP contribution in [0.2, 0.25) is 0 Å². The largest absolute Gasteiger partial charge is 0.392 e. The second-order valence-corrected chi connectivity index (χ2v) is 20.2. The van der Waals surface area contributed by atoms with Gasteiger partial charge in [-0.1, -0.05) is 278 Å². The molecule has 0 aromatic rings. The lowest BCUT2D eigenvalue weighted by Crippen LogP contribution is -2.47. The van der Waals surface area contributed by atoms with E-state index in [-0.39, 0.29) is 6.61 Å². The van der Waals surface area contributed by atoms with Gasteiger partial charge in [0.1, 0.15) is 0 Å². The summed E-state index contributed by atoms with van der Waals surface area (Å²) in [7, 11) is -3.66. The van der Waals surface area contributed by atoms with Crippen molar-refractivity contribution >= 4 is 10.1 Å². The summed E-state index contributed by atoms with van der Waals surface area (Å²) in [6.07, 6.45) is 54.0. The molecule has 338 valence electrons. The molecule has 0 spiro atoms. The van der Waals surface area contributed by atoms with Crippen molar-refractivity contribution < 1.29 is 22.8 Å². The van der Waals surface area contributed by atoms with E-state index in [1.165, 1.54) is 231 Å². The lowest BCUT2D eigenvalue weighted by molar-refractivity contribution is -0.0878. The van der Waals surface area contributed by atoms with Crippen molar-refractivity contribution in [3.63, 3.8) is 0 Å². The van der Waals surface area contributed by atoms with Gasteiger partial charge in [-0.3, -0.25) is 4.18 Å². The summed E-state index contributed by atoms with van der Waals surface area (Å²) in [5.41, 5.74) is -0.995. The number of hydrogen-bond acceptors (Lipinski definition) is 5. The van der Waals surface area contributed by atoms with Gasteiger partial charge in [-0.2, -0.15) is 8.42 Å². The number of aliphatic hydroxyl groups is 2. The van der Waals surface area contributed by atoms with E-state index in [1.807, 2.05) is 0 Å². The Kier molecular flexibility index (Phi) is 41.4. The van der Waals surface area contributed by atoms with Crippen LogP contribution in [0, 0.1) is 5.41 Å². The summed E-state index contributed by atoms with van der Waals surface area (Å²) < 4.78 is 28.9. The monoisotopic (exact) mass is 815 g/mol. The van der Waals surface area contributed by atoms with E-state index in [9.17, 15) is 18.6 Å². The lowest BCUT2D eigenvalue weighted by atomic mass is 9.75. The summed E-state index contributed by atoms with van der Waals surface area (Å²) >= 11 is 0. The molecule has 6 heteroatoms. The Morgan fingerprint density at radius 2 is 0.554 bits per heavy atom. The van der Waals surface area contributed by atoms with Gasteiger partial charge in [0, 0.05) is 5.41 Å². The first-order valence-corrected chi connectivity index (χ1v) is 27.2. The van der Waals surface area contributed by atoms with Crippen molar-refractivity contribution in [1.82, 2.24) is 0 Å². The summed E-state index contributed by atoms with van der Waals surface area (Å²) in [6, 6.07) is 0. The van der Waals surface area contributed by atoms with Crippen molar-refractivity contribution in [2.24, 2.45) is 5.41 Å². The third-order valence-electron chi connectivity index (χ3n) is 12.8. The van der Waals surface area contributed by atoms with Crippen LogP contribution in [-0.2, 0) is 14.3 Å². The van der Waals surface area contributed by atoms with Gasteiger partial charge in [-0.05, 0) is 12.8 Å². The molecule has 2 atom stereocenters. The number of rotatable bonds is 47. The van der Waals surface area contributed by atoms with Crippen molar-refractivity contribution in [3.05, 3.63) is 0 Å². The fourth-order valence-corrected chi connectivity index (χ4v) is 8.96. The van der Waals surface area contributed by atoms with Crippen molar-refractivity contribution in [2.75, 3.05) is 12.9 Å². The number of aliphatic hydroxyl groups excluding tert-OH is 2. The molecule has 2 unspecified atom stereocenters. The van der Waals surface area contributed by atoms with E-state index in [1.54, 1.807) is 6.92 Å². The summed E-state index contributed by atoms with van der Waals surface area (Å²) in [5, 5.41) is 22.4. The SMILES string of the molecule is CCCCCCCCCCCCCCCCCCCCCCC(O)C(C)(COS(C)(=O)=O)C(O)CCCCCCCCCCCCCCCCCCCCCC. The van der Waals surface area contributed by atoms with E-state index >= 15 is 0 Å². The molecule has 0 radical (unpaired) electrons. The predicted octanol–water partition coefficient (Wildman–Crippen LogP) is 16.1. The maximum absolute atomic E-state index is 11.8. The minimum atomic E-state index is -3.66. The standard InChI is InChI=1S/C50H102O5S/c1-5-7-9-11-13-15-17-19-21-23-25-27-29-31-33-35-37-39-41-43-45-48(51)50(3,47-55-56(4,53)54)49(52)46-44-42-40-38-36-34-32-30-28-26-24-22-20-18-16-14-12-10-8-6-2/h48-49,51-52H,5-47H2,1-4H3. The molecule has 0 saturated carbocycles. The number of hydrogen-bond donors (Lipinski definition) is 2. The van der Waals surface area contributed by atoms with Crippen LogP contribution < -0.4 is 0 Å². The highest BCUT2D eigenvalue weighted by molar-refractivity contribution is 7.85. The first-order chi connectivity index (χ1) is 27.2. The molecular formula is C50H102O5S. The highest BCUT2D eigenvalue weighted by Gasteiger charge is 2.40. The molecule has 0 fully saturated rings. The molecule has 0 aromatic carbocycles. The van der Waals surface area contributed by atoms with Gasteiger partial charge in [0.2, 0.25) is 0 Å². The maximum Gasteiger partial charge on any atom is 0.264 e. The molecule has 0 saturated heterocycles. The minimum Gasteiger partial charge on any atom is -0.392 e. The van der Waals surface area contributed by atoms with Crippen LogP contribution in [0.25, 0.3) is 0 Å². The Morgan fingerprint density at radius 1 is 0.375 bits per heavy atom. The van der Waals surface area contributed by atoms with E-state index in [2.05, 4.69) is 13.8 Å². The minimum absolute atomic E-state index is 0.174. The highest BCUT2D eigenvalue weighted by atomic mass is 32.2. The molecule has 0 aromatic heterocycles. The van der Waals surface area contributed by atoms with E-state index < -0.39 is 27.7 Å². The van der Waals surface area contributed by atoms with Gasteiger partial charge in [0.05, 0.1) is 25.1 Å². The average molecular weight is 815 g/mol. The fraction of sp³-hybridized carbons (Fsp3) is 1.00. The Bertz CT molecular complexity index is 827. The van der Waals surface area contributed by atoms with Crippen LogP contribution in [-0.4, -0.2) is 43.7 Å². The highest BCUT2D eigenvalue weighted by Crippen LogP contribution is 2.34. The Balaban J connectivity index is 3.92. The molecule has 0 heterocycles. The topological polar surface area (TPSA) is 83.8 Å². The van der Waals surface area contributed by atoms with E-state index in [0.29, 0.717) is 12.8 Å². The maximum atomic E-state index is 11.8. The van der Waals surface area contributed by atoms with Crippen molar-refractivity contribution in [3.8, 4) is 0 Å². The summed E-state index contributed by atoms with van der Waals surface area (Å²) in [5.74, 6) is 0. The van der Waals surface area contributed by atoms with Gasteiger partial charge in [0.15, 0.2) is 0 Å². The van der Waals surface area contributed by atoms with Crippen LogP contribution in [0.3, 0.4) is 0 Å². The van der Waals surface area contributed by atoms with Crippen molar-refractivity contribution in [1.29, 1.82) is 0 Å².